The maximum Gasteiger partial charge on any atom is 0.425 e. The minimum atomic E-state index is -1.45. The summed E-state index contributed by atoms with van der Waals surface area (Å²) in [5, 5.41) is 8.98. The van der Waals surface area contributed by atoms with Crippen LogP contribution in [0.25, 0.3) is 11.2 Å². The largest absolute Gasteiger partial charge is 0.443 e. The van der Waals surface area contributed by atoms with Crippen molar-refractivity contribution < 1.29 is 33.3 Å². The van der Waals surface area contributed by atoms with Gasteiger partial charge in [0.1, 0.15) is 17.4 Å². The Kier molecular flexibility index (Phi) is 6.83. The zero-order chi connectivity index (χ0) is 24.7. The summed E-state index contributed by atoms with van der Waals surface area (Å²) in [5.41, 5.74) is -1.89. The van der Waals surface area contributed by atoms with E-state index in [9.17, 15) is 19.1 Å². The third-order valence-corrected chi connectivity index (χ3v) is 4.52. The lowest BCUT2D eigenvalue weighted by Crippen LogP contribution is -2.44. The topological polar surface area (TPSA) is 129 Å². The van der Waals surface area contributed by atoms with Crippen LogP contribution in [0.5, 0.6) is 0 Å². The second kappa shape index (κ2) is 8.99. The molecule has 1 aliphatic heterocycles. The highest BCUT2D eigenvalue weighted by Gasteiger charge is 2.39. The summed E-state index contributed by atoms with van der Waals surface area (Å²) >= 11 is 6.10. The Balaban J connectivity index is 2.12. The molecule has 1 aliphatic rings. The number of amides is 2. The number of hydrogen-bond acceptors (Lipinski definition) is 9. The van der Waals surface area contributed by atoms with Gasteiger partial charge < -0.3 is 19.3 Å². The molecule has 2 amide bonds. The fourth-order valence-electron chi connectivity index (χ4n) is 3.14. The van der Waals surface area contributed by atoms with Crippen LogP contribution in [-0.4, -0.2) is 66.9 Å². The molecule has 11 nitrogen and oxygen atoms in total. The predicted molar refractivity (Wildman–Crippen MR) is 116 cm³/mol. The molecule has 182 valence electrons. The number of anilines is 1. The first-order valence-corrected chi connectivity index (χ1v) is 10.6. The number of aliphatic hydroxyl groups excluding tert-OH is 1. The number of hydrogen-bond donors (Lipinski definition) is 1. The van der Waals surface area contributed by atoms with Crippen LogP contribution in [0.15, 0.2) is 6.33 Å². The number of rotatable bonds is 3. The number of alkyl halides is 1. The summed E-state index contributed by atoms with van der Waals surface area (Å²) in [5.74, 6) is -0.292. The highest BCUT2D eigenvalue weighted by atomic mass is 35.5. The molecule has 13 heteroatoms. The van der Waals surface area contributed by atoms with E-state index >= 15 is 0 Å². The molecule has 3 rings (SSSR count). The molecule has 3 heterocycles. The Hall–Kier alpha value is -2.57. The van der Waals surface area contributed by atoms with Crippen molar-refractivity contribution in [3.63, 3.8) is 0 Å². The Morgan fingerprint density at radius 2 is 1.79 bits per heavy atom. The van der Waals surface area contributed by atoms with Crippen LogP contribution in [-0.2, 0) is 14.2 Å². The molecule has 2 aromatic heterocycles. The third kappa shape index (κ3) is 5.68. The van der Waals surface area contributed by atoms with Gasteiger partial charge in [0.05, 0.1) is 19.0 Å². The molecule has 0 bridgehead atoms. The number of carbonyl (C=O) groups is 2. The molecule has 1 saturated heterocycles. The van der Waals surface area contributed by atoms with Gasteiger partial charge in [-0.05, 0) is 53.1 Å². The molecule has 0 spiro atoms. The summed E-state index contributed by atoms with van der Waals surface area (Å²) in [6, 6.07) is 0. The minimum Gasteiger partial charge on any atom is -0.443 e. The molecule has 0 saturated carbocycles. The van der Waals surface area contributed by atoms with E-state index in [4.69, 9.17) is 25.8 Å². The number of halogens is 2. The standard InChI is InChI=1S/C20H27ClFN5O6/c1-19(2,3)32-17(29)27(18(30)33-20(4,5)6)14-12-13(24-16(21)25-14)26(9-23-12)15-11(22)7-10(8-28)31-15/h9-11,15,28H,7-8H2,1-6H3/t10-,11-,15+/m0/s1. The number of aromatic nitrogens is 4. The van der Waals surface area contributed by atoms with E-state index in [1.165, 1.54) is 10.9 Å². The van der Waals surface area contributed by atoms with Gasteiger partial charge in [-0.15, -0.1) is 0 Å². The van der Waals surface area contributed by atoms with Crippen LogP contribution < -0.4 is 4.90 Å². The number of ether oxygens (including phenoxy) is 3. The molecular formula is C20H27ClFN5O6. The smallest absolute Gasteiger partial charge is 0.425 e. The zero-order valence-electron chi connectivity index (χ0n) is 19.2. The number of imidazole rings is 1. The quantitative estimate of drug-likeness (QED) is 0.643. The van der Waals surface area contributed by atoms with E-state index in [-0.39, 0.29) is 35.3 Å². The molecular weight excluding hydrogens is 461 g/mol. The molecule has 1 fully saturated rings. The predicted octanol–water partition coefficient (Wildman–Crippen LogP) is 3.77. The van der Waals surface area contributed by atoms with Gasteiger partial charge >= 0.3 is 12.2 Å². The molecule has 0 unspecified atom stereocenters. The first-order chi connectivity index (χ1) is 15.2. The lowest BCUT2D eigenvalue weighted by atomic mass is 10.2. The minimum absolute atomic E-state index is 0.0194. The van der Waals surface area contributed by atoms with Crippen molar-refractivity contribution in [2.45, 2.75) is 77.7 Å². The van der Waals surface area contributed by atoms with Crippen molar-refractivity contribution in [1.82, 2.24) is 19.5 Å². The van der Waals surface area contributed by atoms with Crippen molar-refractivity contribution in [3.8, 4) is 0 Å². The van der Waals surface area contributed by atoms with Crippen LogP contribution in [0.4, 0.5) is 19.8 Å². The van der Waals surface area contributed by atoms with Gasteiger partial charge in [-0.1, -0.05) is 0 Å². The Bertz CT molecular complexity index is 1020. The number of fused-ring (bicyclic) bond motifs is 1. The van der Waals surface area contributed by atoms with E-state index in [0.717, 1.165) is 0 Å². The SMILES string of the molecule is CC(C)(C)OC(=O)N(C(=O)OC(C)(C)C)c1nc(Cl)nc2c1ncn2[C@@H]1O[C@H](CO)C[C@@H]1F. The fraction of sp³-hybridized carbons (Fsp3) is 0.650. The van der Waals surface area contributed by atoms with E-state index in [2.05, 4.69) is 15.0 Å². The second-order valence-electron chi connectivity index (χ2n) is 9.52. The molecule has 3 atom stereocenters. The maximum absolute atomic E-state index is 14.6. The normalized spacial score (nSPS) is 21.3. The molecule has 33 heavy (non-hydrogen) atoms. The average molecular weight is 488 g/mol. The van der Waals surface area contributed by atoms with Gasteiger partial charge in [-0.2, -0.15) is 14.9 Å². The Morgan fingerprint density at radius 1 is 1.21 bits per heavy atom. The third-order valence-electron chi connectivity index (χ3n) is 4.35. The van der Waals surface area contributed by atoms with Gasteiger partial charge in [0.2, 0.25) is 5.28 Å². The monoisotopic (exact) mass is 487 g/mol. The lowest BCUT2D eigenvalue weighted by molar-refractivity contribution is -0.0351. The molecule has 0 radical (unpaired) electrons. The highest BCUT2D eigenvalue weighted by molar-refractivity contribution is 6.29. The number of imide groups is 1. The van der Waals surface area contributed by atoms with Gasteiger partial charge in [0.25, 0.3) is 0 Å². The van der Waals surface area contributed by atoms with Crippen molar-refractivity contribution in [1.29, 1.82) is 0 Å². The second-order valence-corrected chi connectivity index (χ2v) is 9.86. The van der Waals surface area contributed by atoms with Crippen molar-refractivity contribution in [2.24, 2.45) is 0 Å². The molecule has 0 aromatic carbocycles. The van der Waals surface area contributed by atoms with Crippen molar-refractivity contribution >= 4 is 40.8 Å². The Morgan fingerprint density at radius 3 is 2.27 bits per heavy atom. The number of aliphatic hydroxyl groups is 1. The van der Waals surface area contributed by atoms with Crippen LogP contribution in [0, 0.1) is 0 Å². The summed E-state index contributed by atoms with van der Waals surface area (Å²) < 4.78 is 32.1. The van der Waals surface area contributed by atoms with Crippen molar-refractivity contribution in [3.05, 3.63) is 11.6 Å². The summed E-state index contributed by atoms with van der Waals surface area (Å²) in [6.45, 7) is 9.43. The van der Waals surface area contributed by atoms with Crippen LogP contribution >= 0.6 is 11.6 Å². The van der Waals surface area contributed by atoms with Gasteiger partial charge in [-0.25, -0.2) is 19.0 Å². The average Bonchev–Trinajstić information content (AvgIpc) is 3.21. The van der Waals surface area contributed by atoms with Crippen LogP contribution in [0.3, 0.4) is 0 Å². The maximum atomic E-state index is 14.6. The fourth-order valence-corrected chi connectivity index (χ4v) is 3.30. The van der Waals surface area contributed by atoms with Crippen molar-refractivity contribution in [2.75, 3.05) is 11.5 Å². The van der Waals surface area contributed by atoms with Gasteiger partial charge in [0, 0.05) is 6.42 Å². The molecule has 1 N–H and O–H groups in total. The van der Waals surface area contributed by atoms with E-state index < -0.39 is 41.9 Å². The van der Waals surface area contributed by atoms with E-state index in [0.29, 0.717) is 4.90 Å². The summed E-state index contributed by atoms with van der Waals surface area (Å²) in [6.07, 6.45) is -4.20. The first-order valence-electron chi connectivity index (χ1n) is 10.3. The van der Waals surface area contributed by atoms with Gasteiger partial charge in [0.15, 0.2) is 23.2 Å². The molecule has 0 aliphatic carbocycles. The van der Waals surface area contributed by atoms with Crippen LogP contribution in [0.2, 0.25) is 5.28 Å². The van der Waals surface area contributed by atoms with Crippen LogP contribution in [0.1, 0.15) is 54.2 Å². The lowest BCUT2D eigenvalue weighted by Gasteiger charge is -2.28. The van der Waals surface area contributed by atoms with E-state index in [1.54, 1.807) is 41.5 Å². The summed E-state index contributed by atoms with van der Waals surface area (Å²) in [4.78, 5) is 38.8. The Labute approximate surface area is 194 Å². The molecule has 2 aromatic rings. The summed E-state index contributed by atoms with van der Waals surface area (Å²) in [7, 11) is 0. The number of nitrogens with zero attached hydrogens (tertiary/aromatic N) is 5. The highest BCUT2D eigenvalue weighted by Crippen LogP contribution is 2.35. The van der Waals surface area contributed by atoms with Gasteiger partial charge in [-0.3, -0.25) is 4.57 Å². The number of carbonyl (C=O) groups excluding carboxylic acids is 2. The van der Waals surface area contributed by atoms with E-state index in [1.807, 2.05) is 0 Å². The zero-order valence-corrected chi connectivity index (χ0v) is 20.0. The first kappa shape index (κ1) is 25.1.